The van der Waals surface area contributed by atoms with Gasteiger partial charge in [0.15, 0.2) is 0 Å². The molecule has 0 fully saturated rings. The molecule has 0 aliphatic rings. The van der Waals surface area contributed by atoms with Crippen molar-refractivity contribution in [2.45, 2.75) is 19.5 Å². The van der Waals surface area contributed by atoms with Crippen LogP contribution in [0.1, 0.15) is 24.2 Å². The van der Waals surface area contributed by atoms with E-state index in [-0.39, 0.29) is 6.04 Å². The van der Waals surface area contributed by atoms with Crippen LogP contribution in [0, 0.1) is 3.57 Å². The highest BCUT2D eigenvalue weighted by Crippen LogP contribution is 2.25. The van der Waals surface area contributed by atoms with Gasteiger partial charge in [0.1, 0.15) is 0 Å². The van der Waals surface area contributed by atoms with Gasteiger partial charge in [-0.25, -0.2) is 5.43 Å². The summed E-state index contributed by atoms with van der Waals surface area (Å²) in [6.45, 7) is 2.91. The molecule has 0 saturated carbocycles. The van der Waals surface area contributed by atoms with Crippen LogP contribution in [0.15, 0.2) is 36.5 Å². The minimum Gasteiger partial charge on any atom is -0.271 e. The van der Waals surface area contributed by atoms with Gasteiger partial charge in [0, 0.05) is 16.3 Å². The molecule has 0 spiro atoms. The Kier molecular flexibility index (Phi) is 4.14. The lowest BCUT2D eigenvalue weighted by Gasteiger charge is -2.18. The van der Waals surface area contributed by atoms with Crippen LogP contribution in [0.4, 0.5) is 0 Å². The van der Waals surface area contributed by atoms with E-state index >= 15 is 0 Å². The van der Waals surface area contributed by atoms with Crippen LogP contribution in [-0.2, 0) is 6.54 Å². The number of aryl methyl sites for hydroxylation is 1. The van der Waals surface area contributed by atoms with Crippen LogP contribution in [-0.4, -0.2) is 9.78 Å². The number of aromatic nitrogens is 2. The summed E-state index contributed by atoms with van der Waals surface area (Å²) in [6, 6.07) is 10.2. The van der Waals surface area contributed by atoms with Crippen molar-refractivity contribution in [1.29, 1.82) is 0 Å². The number of nitrogens with one attached hydrogen (secondary N) is 1. The SMILES string of the molecule is CCn1nccc1C(NN)c1ccccc1I. The molecule has 5 heteroatoms. The van der Waals surface area contributed by atoms with Crippen LogP contribution < -0.4 is 11.3 Å². The quantitative estimate of drug-likeness (QED) is 0.508. The van der Waals surface area contributed by atoms with Crippen molar-refractivity contribution in [2.24, 2.45) is 5.84 Å². The van der Waals surface area contributed by atoms with Crippen molar-refractivity contribution in [3.8, 4) is 0 Å². The molecule has 0 aliphatic heterocycles. The third kappa shape index (κ3) is 2.51. The van der Waals surface area contributed by atoms with Gasteiger partial charge in [0.25, 0.3) is 0 Å². The zero-order chi connectivity index (χ0) is 12.3. The van der Waals surface area contributed by atoms with Crippen molar-refractivity contribution in [2.75, 3.05) is 0 Å². The summed E-state index contributed by atoms with van der Waals surface area (Å²) in [6.07, 6.45) is 1.80. The molecule has 2 aromatic rings. The highest BCUT2D eigenvalue weighted by molar-refractivity contribution is 14.1. The number of nitrogens with two attached hydrogens (primary N) is 1. The molecule has 1 aromatic heterocycles. The molecule has 1 aromatic carbocycles. The van der Waals surface area contributed by atoms with E-state index in [2.05, 4.69) is 52.2 Å². The maximum Gasteiger partial charge on any atom is 0.0888 e. The molecule has 0 aliphatic carbocycles. The summed E-state index contributed by atoms with van der Waals surface area (Å²) in [5.41, 5.74) is 5.13. The van der Waals surface area contributed by atoms with Gasteiger partial charge in [0.2, 0.25) is 0 Å². The molecule has 1 unspecified atom stereocenters. The van der Waals surface area contributed by atoms with Gasteiger partial charge in [0.05, 0.1) is 11.7 Å². The molecule has 17 heavy (non-hydrogen) atoms. The molecule has 1 heterocycles. The Morgan fingerprint density at radius 3 is 2.82 bits per heavy atom. The van der Waals surface area contributed by atoms with Crippen molar-refractivity contribution in [3.63, 3.8) is 0 Å². The summed E-state index contributed by atoms with van der Waals surface area (Å²) in [4.78, 5) is 0. The fourth-order valence-corrected chi connectivity index (χ4v) is 2.59. The molecule has 1 atom stereocenters. The number of hydrazine groups is 1. The minimum atomic E-state index is -0.0226. The molecule has 2 rings (SSSR count). The molecular formula is C12H15IN4. The largest absolute Gasteiger partial charge is 0.271 e. The van der Waals surface area contributed by atoms with Crippen LogP contribution in [0.3, 0.4) is 0 Å². The second kappa shape index (κ2) is 5.61. The minimum absolute atomic E-state index is 0.0226. The van der Waals surface area contributed by atoms with Gasteiger partial charge in [-0.3, -0.25) is 10.5 Å². The summed E-state index contributed by atoms with van der Waals surface area (Å²) in [5, 5.41) is 4.28. The van der Waals surface area contributed by atoms with Crippen molar-refractivity contribution < 1.29 is 0 Å². The monoisotopic (exact) mass is 342 g/mol. The predicted octanol–water partition coefficient (Wildman–Crippen LogP) is 2.06. The maximum absolute atomic E-state index is 5.69. The second-order valence-electron chi connectivity index (χ2n) is 3.69. The van der Waals surface area contributed by atoms with E-state index in [0.717, 1.165) is 12.2 Å². The number of rotatable bonds is 4. The third-order valence-corrected chi connectivity index (χ3v) is 3.71. The topological polar surface area (TPSA) is 55.9 Å². The van der Waals surface area contributed by atoms with Crippen LogP contribution in [0.2, 0.25) is 0 Å². The first-order chi connectivity index (χ1) is 8.27. The maximum atomic E-state index is 5.69. The van der Waals surface area contributed by atoms with Gasteiger partial charge in [-0.15, -0.1) is 0 Å². The average Bonchev–Trinajstić information content (AvgIpc) is 2.81. The number of hydrogen-bond donors (Lipinski definition) is 2. The molecule has 90 valence electrons. The van der Waals surface area contributed by atoms with Gasteiger partial charge in [-0.1, -0.05) is 18.2 Å². The van der Waals surface area contributed by atoms with E-state index in [9.17, 15) is 0 Å². The summed E-state index contributed by atoms with van der Waals surface area (Å²) < 4.78 is 3.14. The summed E-state index contributed by atoms with van der Waals surface area (Å²) in [7, 11) is 0. The van der Waals surface area contributed by atoms with E-state index in [1.54, 1.807) is 6.20 Å². The number of halogens is 1. The molecule has 0 saturated heterocycles. The Hall–Kier alpha value is -0.920. The average molecular weight is 342 g/mol. The fourth-order valence-electron chi connectivity index (χ4n) is 1.90. The standard InChI is InChI=1S/C12H15IN4/c1-2-17-11(7-8-15-17)12(16-14)9-5-3-4-6-10(9)13/h3-8,12,16H,2,14H2,1H3. The van der Waals surface area contributed by atoms with E-state index < -0.39 is 0 Å². The Morgan fingerprint density at radius 1 is 1.41 bits per heavy atom. The second-order valence-corrected chi connectivity index (χ2v) is 4.86. The van der Waals surface area contributed by atoms with Crippen LogP contribution >= 0.6 is 22.6 Å². The smallest absolute Gasteiger partial charge is 0.0888 e. The molecule has 3 N–H and O–H groups in total. The lowest BCUT2D eigenvalue weighted by atomic mass is 10.0. The van der Waals surface area contributed by atoms with E-state index in [0.29, 0.717) is 0 Å². The van der Waals surface area contributed by atoms with Gasteiger partial charge in [-0.05, 0) is 47.2 Å². The molecule has 0 amide bonds. The van der Waals surface area contributed by atoms with Crippen molar-refractivity contribution in [1.82, 2.24) is 15.2 Å². The number of benzene rings is 1. The zero-order valence-electron chi connectivity index (χ0n) is 9.60. The number of nitrogens with zero attached hydrogens (tertiary/aromatic N) is 2. The van der Waals surface area contributed by atoms with Gasteiger partial charge in [-0.2, -0.15) is 5.10 Å². The first-order valence-corrected chi connectivity index (χ1v) is 6.58. The normalized spacial score (nSPS) is 12.6. The Morgan fingerprint density at radius 2 is 2.18 bits per heavy atom. The fraction of sp³-hybridized carbons (Fsp3) is 0.250. The van der Waals surface area contributed by atoms with Crippen LogP contribution in [0.25, 0.3) is 0 Å². The van der Waals surface area contributed by atoms with Crippen LogP contribution in [0.5, 0.6) is 0 Å². The Balaban J connectivity index is 2.44. The molecule has 4 nitrogen and oxygen atoms in total. The van der Waals surface area contributed by atoms with Crippen molar-refractivity contribution >= 4 is 22.6 Å². The Bertz CT molecular complexity index is 495. The van der Waals surface area contributed by atoms with E-state index in [1.165, 1.54) is 9.13 Å². The lowest BCUT2D eigenvalue weighted by Crippen LogP contribution is -2.31. The highest BCUT2D eigenvalue weighted by atomic mass is 127. The predicted molar refractivity (Wildman–Crippen MR) is 76.2 cm³/mol. The number of hydrogen-bond acceptors (Lipinski definition) is 3. The summed E-state index contributed by atoms with van der Waals surface area (Å²) >= 11 is 2.32. The summed E-state index contributed by atoms with van der Waals surface area (Å²) in [5.74, 6) is 5.69. The van der Waals surface area contributed by atoms with Gasteiger partial charge >= 0.3 is 0 Å². The lowest BCUT2D eigenvalue weighted by molar-refractivity contribution is 0.542. The van der Waals surface area contributed by atoms with Crippen molar-refractivity contribution in [3.05, 3.63) is 51.4 Å². The van der Waals surface area contributed by atoms with Gasteiger partial charge < -0.3 is 0 Å². The third-order valence-electron chi connectivity index (χ3n) is 2.73. The zero-order valence-corrected chi connectivity index (χ0v) is 11.8. The van der Waals surface area contributed by atoms with E-state index in [4.69, 9.17) is 5.84 Å². The first kappa shape index (κ1) is 12.5. The first-order valence-electron chi connectivity index (χ1n) is 5.50. The highest BCUT2D eigenvalue weighted by Gasteiger charge is 2.18. The molecular weight excluding hydrogens is 327 g/mol. The van der Waals surface area contributed by atoms with E-state index in [1.807, 2.05) is 22.9 Å². The molecule has 0 bridgehead atoms. The molecule has 0 radical (unpaired) electrons. The Labute approximate surface area is 114 Å².